The van der Waals surface area contributed by atoms with Gasteiger partial charge in [0.1, 0.15) is 4.88 Å². The Bertz CT molecular complexity index is 533. The van der Waals surface area contributed by atoms with E-state index in [0.29, 0.717) is 18.0 Å². The molecule has 0 unspecified atom stereocenters. The van der Waals surface area contributed by atoms with Gasteiger partial charge in [-0.15, -0.1) is 11.3 Å². The van der Waals surface area contributed by atoms with Gasteiger partial charge in [0.05, 0.1) is 6.61 Å². The third-order valence-electron chi connectivity index (χ3n) is 2.49. The van der Waals surface area contributed by atoms with Crippen molar-refractivity contribution in [3.05, 3.63) is 34.7 Å². The highest BCUT2D eigenvalue weighted by molar-refractivity contribution is 7.20. The lowest BCUT2D eigenvalue weighted by molar-refractivity contribution is 0.0532. The maximum Gasteiger partial charge on any atom is 0.348 e. The van der Waals surface area contributed by atoms with E-state index in [1.165, 1.54) is 16.9 Å². The van der Waals surface area contributed by atoms with Crippen LogP contribution in [0.4, 0.5) is 0 Å². The molecule has 2 aromatic rings. The van der Waals surface area contributed by atoms with Gasteiger partial charge in [0.2, 0.25) is 0 Å². The zero-order valence-electron chi connectivity index (χ0n) is 9.73. The summed E-state index contributed by atoms with van der Waals surface area (Å²) < 4.78 is 6.10. The molecule has 0 atom stereocenters. The average molecular weight is 249 g/mol. The third kappa shape index (κ3) is 2.65. The van der Waals surface area contributed by atoms with Gasteiger partial charge >= 0.3 is 5.97 Å². The lowest BCUT2D eigenvalue weighted by Gasteiger charge is -1.97. The van der Waals surface area contributed by atoms with Gasteiger partial charge in [0.15, 0.2) is 0 Å². The maximum atomic E-state index is 11.6. The molecule has 1 aromatic heterocycles. The molecule has 0 saturated heterocycles. The minimum Gasteiger partial charge on any atom is -0.462 e. The fourth-order valence-corrected chi connectivity index (χ4v) is 2.72. The van der Waals surface area contributed by atoms with Crippen molar-refractivity contribution in [1.29, 1.82) is 0 Å². The number of carbonyl (C=O) groups excluding carboxylic acids is 1. The van der Waals surface area contributed by atoms with Crippen LogP contribution in [0.2, 0.25) is 0 Å². The summed E-state index contributed by atoms with van der Waals surface area (Å²) in [5.41, 5.74) is 6.73. The summed E-state index contributed by atoms with van der Waals surface area (Å²) in [6, 6.07) is 8.05. The summed E-state index contributed by atoms with van der Waals surface area (Å²) in [6.45, 7) is 2.86. The van der Waals surface area contributed by atoms with Crippen molar-refractivity contribution < 1.29 is 9.53 Å². The number of thiophene rings is 1. The number of ether oxygens (including phenoxy) is 1. The Hall–Kier alpha value is -1.39. The van der Waals surface area contributed by atoms with Crippen molar-refractivity contribution in [2.24, 2.45) is 5.73 Å². The molecule has 0 bridgehead atoms. The van der Waals surface area contributed by atoms with Crippen molar-refractivity contribution in [1.82, 2.24) is 0 Å². The van der Waals surface area contributed by atoms with Crippen molar-refractivity contribution >= 4 is 27.4 Å². The number of carbonyl (C=O) groups is 1. The van der Waals surface area contributed by atoms with Gasteiger partial charge in [0, 0.05) is 4.70 Å². The molecule has 2 rings (SSSR count). The molecule has 17 heavy (non-hydrogen) atoms. The molecule has 90 valence electrons. The Morgan fingerprint density at radius 2 is 2.24 bits per heavy atom. The van der Waals surface area contributed by atoms with E-state index in [4.69, 9.17) is 10.5 Å². The van der Waals surface area contributed by atoms with Crippen LogP contribution in [0.15, 0.2) is 24.3 Å². The van der Waals surface area contributed by atoms with E-state index in [2.05, 4.69) is 12.1 Å². The number of fused-ring (bicyclic) bond motifs is 1. The van der Waals surface area contributed by atoms with Crippen LogP contribution < -0.4 is 5.73 Å². The number of benzene rings is 1. The van der Waals surface area contributed by atoms with Crippen LogP contribution in [0.1, 0.15) is 22.2 Å². The molecule has 4 heteroatoms. The Labute approximate surface area is 104 Å². The van der Waals surface area contributed by atoms with Gasteiger partial charge in [-0.25, -0.2) is 4.79 Å². The molecule has 1 heterocycles. The second kappa shape index (κ2) is 5.29. The van der Waals surface area contributed by atoms with E-state index in [-0.39, 0.29) is 5.97 Å². The van der Waals surface area contributed by atoms with Gasteiger partial charge in [0.25, 0.3) is 0 Å². The highest BCUT2D eigenvalue weighted by Gasteiger charge is 2.11. The first-order valence-corrected chi connectivity index (χ1v) is 6.46. The van der Waals surface area contributed by atoms with E-state index in [9.17, 15) is 4.79 Å². The molecule has 0 radical (unpaired) electrons. The first-order valence-electron chi connectivity index (χ1n) is 5.64. The van der Waals surface area contributed by atoms with Gasteiger partial charge in [-0.3, -0.25) is 0 Å². The summed E-state index contributed by atoms with van der Waals surface area (Å²) in [4.78, 5) is 12.3. The molecule has 0 aliphatic heterocycles. The summed E-state index contributed by atoms with van der Waals surface area (Å²) in [5, 5.41) is 1.08. The Morgan fingerprint density at radius 3 is 2.94 bits per heavy atom. The second-order valence-electron chi connectivity index (χ2n) is 3.74. The predicted octanol–water partition coefficient (Wildman–Crippen LogP) is 2.58. The largest absolute Gasteiger partial charge is 0.462 e. The number of esters is 1. The average Bonchev–Trinajstić information content (AvgIpc) is 2.73. The number of hydrogen-bond acceptors (Lipinski definition) is 4. The Balaban J connectivity index is 2.33. The second-order valence-corrected chi connectivity index (χ2v) is 4.83. The number of nitrogens with two attached hydrogens (primary N) is 1. The van der Waals surface area contributed by atoms with Crippen molar-refractivity contribution in [3.8, 4) is 0 Å². The molecule has 0 spiro atoms. The highest BCUT2D eigenvalue weighted by Crippen LogP contribution is 2.27. The van der Waals surface area contributed by atoms with Crippen LogP contribution in [0.3, 0.4) is 0 Å². The van der Waals surface area contributed by atoms with Crippen molar-refractivity contribution in [2.75, 3.05) is 13.2 Å². The standard InChI is InChI=1S/C13H15NO2S/c1-2-16-13(15)12-8-10-4-3-9(5-6-14)7-11(10)17-12/h3-4,7-8H,2,5-6,14H2,1H3. The van der Waals surface area contributed by atoms with E-state index in [0.717, 1.165) is 16.5 Å². The monoisotopic (exact) mass is 249 g/mol. The third-order valence-corrected chi connectivity index (χ3v) is 3.57. The lowest BCUT2D eigenvalue weighted by atomic mass is 10.1. The lowest BCUT2D eigenvalue weighted by Crippen LogP contribution is -2.01. The van der Waals surface area contributed by atoms with E-state index in [1.807, 2.05) is 19.1 Å². The zero-order chi connectivity index (χ0) is 12.3. The summed E-state index contributed by atoms with van der Waals surface area (Å²) in [7, 11) is 0. The molecule has 0 amide bonds. The maximum absolute atomic E-state index is 11.6. The summed E-state index contributed by atoms with van der Waals surface area (Å²) in [6.07, 6.45) is 0.864. The smallest absolute Gasteiger partial charge is 0.348 e. The normalized spacial score (nSPS) is 10.7. The molecule has 1 aromatic carbocycles. The quantitative estimate of drug-likeness (QED) is 0.847. The molecule has 0 aliphatic carbocycles. The van der Waals surface area contributed by atoms with Crippen LogP contribution in [0, 0.1) is 0 Å². The Morgan fingerprint density at radius 1 is 1.41 bits per heavy atom. The van der Waals surface area contributed by atoms with E-state index >= 15 is 0 Å². The molecule has 3 nitrogen and oxygen atoms in total. The first-order chi connectivity index (χ1) is 8.24. The SMILES string of the molecule is CCOC(=O)c1cc2ccc(CCN)cc2s1. The topological polar surface area (TPSA) is 52.3 Å². The van der Waals surface area contributed by atoms with E-state index in [1.54, 1.807) is 0 Å². The Kier molecular flexibility index (Phi) is 3.76. The van der Waals surface area contributed by atoms with E-state index < -0.39 is 0 Å². The molecule has 0 saturated carbocycles. The van der Waals surface area contributed by atoms with Crippen LogP contribution in [0.25, 0.3) is 10.1 Å². The summed E-state index contributed by atoms with van der Waals surface area (Å²) >= 11 is 1.47. The molecule has 2 N–H and O–H groups in total. The molecular weight excluding hydrogens is 234 g/mol. The summed E-state index contributed by atoms with van der Waals surface area (Å²) in [5.74, 6) is -0.242. The van der Waals surface area contributed by atoms with Gasteiger partial charge in [-0.05, 0) is 43.0 Å². The van der Waals surface area contributed by atoms with Crippen LogP contribution in [-0.2, 0) is 11.2 Å². The van der Waals surface area contributed by atoms with Crippen molar-refractivity contribution in [3.63, 3.8) is 0 Å². The molecular formula is C13H15NO2S. The van der Waals surface area contributed by atoms with Gasteiger partial charge < -0.3 is 10.5 Å². The highest BCUT2D eigenvalue weighted by atomic mass is 32.1. The minimum atomic E-state index is -0.242. The van der Waals surface area contributed by atoms with Crippen LogP contribution in [0.5, 0.6) is 0 Å². The fourth-order valence-electron chi connectivity index (χ4n) is 1.70. The van der Waals surface area contributed by atoms with Gasteiger partial charge in [-0.2, -0.15) is 0 Å². The van der Waals surface area contributed by atoms with Crippen LogP contribution >= 0.6 is 11.3 Å². The number of hydrogen-bond donors (Lipinski definition) is 1. The van der Waals surface area contributed by atoms with Gasteiger partial charge in [-0.1, -0.05) is 12.1 Å². The minimum absolute atomic E-state index is 0.242. The fraction of sp³-hybridized carbons (Fsp3) is 0.308. The predicted molar refractivity (Wildman–Crippen MR) is 70.5 cm³/mol. The zero-order valence-corrected chi connectivity index (χ0v) is 10.5. The molecule has 0 fully saturated rings. The van der Waals surface area contributed by atoms with Crippen LogP contribution in [-0.4, -0.2) is 19.1 Å². The number of rotatable bonds is 4. The first kappa shape index (κ1) is 12.1. The van der Waals surface area contributed by atoms with Crippen molar-refractivity contribution in [2.45, 2.75) is 13.3 Å². The molecule has 0 aliphatic rings.